The molecule has 0 amide bonds. The van der Waals surface area contributed by atoms with Gasteiger partial charge in [-0.3, -0.25) is 0 Å². The summed E-state index contributed by atoms with van der Waals surface area (Å²) in [7, 11) is 0. The van der Waals surface area contributed by atoms with Crippen molar-refractivity contribution < 1.29 is 0 Å². The van der Waals surface area contributed by atoms with E-state index in [2.05, 4.69) is 41.5 Å². The van der Waals surface area contributed by atoms with E-state index >= 15 is 0 Å². The molecule has 0 fully saturated rings. The van der Waals surface area contributed by atoms with Gasteiger partial charge in [-0.15, -0.1) is 0 Å². The third-order valence-electron chi connectivity index (χ3n) is 3.35. The van der Waals surface area contributed by atoms with E-state index in [9.17, 15) is 0 Å². The highest BCUT2D eigenvalue weighted by Crippen LogP contribution is 2.40. The summed E-state index contributed by atoms with van der Waals surface area (Å²) in [5.41, 5.74) is 6.21. The summed E-state index contributed by atoms with van der Waals surface area (Å²) in [4.78, 5) is 0. The van der Waals surface area contributed by atoms with Crippen LogP contribution in [0.2, 0.25) is 0 Å². The fourth-order valence-electron chi connectivity index (χ4n) is 2.38. The zero-order valence-corrected chi connectivity index (χ0v) is 9.15. The van der Waals surface area contributed by atoms with E-state index in [0.717, 1.165) is 5.92 Å². The molecule has 0 nitrogen and oxygen atoms in total. The molecule has 0 aromatic rings. The van der Waals surface area contributed by atoms with Crippen molar-refractivity contribution in [3.63, 3.8) is 0 Å². The van der Waals surface area contributed by atoms with Gasteiger partial charge in [0.25, 0.3) is 0 Å². The lowest BCUT2D eigenvalue weighted by molar-refractivity contribution is 0.507. The van der Waals surface area contributed by atoms with Crippen LogP contribution >= 0.6 is 0 Å². The Balaban J connectivity index is 3.08. The van der Waals surface area contributed by atoms with Crippen LogP contribution in [-0.4, -0.2) is 0 Å². The summed E-state index contributed by atoms with van der Waals surface area (Å²) in [5.74, 6) is 1.46. The maximum Gasteiger partial charge on any atom is 0.00361 e. The van der Waals surface area contributed by atoms with Gasteiger partial charge < -0.3 is 0 Å². The molecule has 0 saturated heterocycles. The van der Waals surface area contributed by atoms with Gasteiger partial charge >= 0.3 is 0 Å². The SMILES string of the molecule is CC1=C(C)C(C(C)C)C(C)=C1C. The molecule has 0 bridgehead atoms. The average Bonchev–Trinajstić information content (AvgIpc) is 2.16. The molecule has 1 aliphatic carbocycles. The van der Waals surface area contributed by atoms with Crippen molar-refractivity contribution in [1.82, 2.24) is 0 Å². The van der Waals surface area contributed by atoms with Gasteiger partial charge in [0, 0.05) is 5.92 Å². The van der Waals surface area contributed by atoms with E-state index < -0.39 is 0 Å². The van der Waals surface area contributed by atoms with Crippen LogP contribution in [0.1, 0.15) is 41.5 Å². The highest BCUT2D eigenvalue weighted by Gasteiger charge is 2.26. The first kappa shape index (κ1) is 9.57. The average molecular weight is 164 g/mol. The van der Waals surface area contributed by atoms with Crippen LogP contribution in [-0.2, 0) is 0 Å². The molecule has 0 radical (unpaired) electrons. The number of hydrogen-bond donors (Lipinski definition) is 0. The summed E-state index contributed by atoms with van der Waals surface area (Å²) in [6.07, 6.45) is 0. The minimum Gasteiger partial charge on any atom is -0.0627 e. The molecule has 0 heterocycles. The fraction of sp³-hybridized carbons (Fsp3) is 0.667. The second-order valence-electron chi connectivity index (χ2n) is 4.34. The van der Waals surface area contributed by atoms with Crippen LogP contribution in [0.5, 0.6) is 0 Å². The highest BCUT2D eigenvalue weighted by atomic mass is 14.3. The van der Waals surface area contributed by atoms with Crippen molar-refractivity contribution in [2.75, 3.05) is 0 Å². The van der Waals surface area contributed by atoms with E-state index in [4.69, 9.17) is 0 Å². The quantitative estimate of drug-likeness (QED) is 0.550. The Kier molecular flexibility index (Phi) is 2.46. The molecule has 12 heavy (non-hydrogen) atoms. The van der Waals surface area contributed by atoms with Gasteiger partial charge in [-0.2, -0.15) is 0 Å². The van der Waals surface area contributed by atoms with Crippen molar-refractivity contribution in [3.8, 4) is 0 Å². The topological polar surface area (TPSA) is 0 Å². The maximum atomic E-state index is 2.31. The molecule has 0 spiro atoms. The van der Waals surface area contributed by atoms with E-state index in [1.807, 2.05) is 0 Å². The largest absolute Gasteiger partial charge is 0.0627 e. The molecule has 1 aliphatic rings. The summed E-state index contributed by atoms with van der Waals surface area (Å²) in [6, 6.07) is 0. The smallest absolute Gasteiger partial charge is 0.00361 e. The predicted molar refractivity (Wildman–Crippen MR) is 55.1 cm³/mol. The van der Waals surface area contributed by atoms with E-state index in [1.54, 1.807) is 11.1 Å². The van der Waals surface area contributed by atoms with Gasteiger partial charge in [0.1, 0.15) is 0 Å². The molecule has 0 N–H and O–H groups in total. The van der Waals surface area contributed by atoms with Gasteiger partial charge in [-0.05, 0) is 44.8 Å². The summed E-state index contributed by atoms with van der Waals surface area (Å²) in [5, 5.41) is 0. The lowest BCUT2D eigenvalue weighted by Crippen LogP contribution is -2.08. The third-order valence-corrected chi connectivity index (χ3v) is 3.35. The molecule has 0 unspecified atom stereocenters. The second-order valence-corrected chi connectivity index (χ2v) is 4.34. The van der Waals surface area contributed by atoms with Gasteiger partial charge in [0.2, 0.25) is 0 Å². The van der Waals surface area contributed by atoms with E-state index in [0.29, 0.717) is 5.92 Å². The molecule has 68 valence electrons. The van der Waals surface area contributed by atoms with Crippen LogP contribution in [0.15, 0.2) is 22.3 Å². The minimum absolute atomic E-state index is 0.713. The van der Waals surface area contributed by atoms with Gasteiger partial charge in [0.05, 0.1) is 0 Å². The fourth-order valence-corrected chi connectivity index (χ4v) is 2.38. The van der Waals surface area contributed by atoms with Crippen molar-refractivity contribution in [1.29, 1.82) is 0 Å². The first-order chi connectivity index (χ1) is 5.46. The normalized spacial score (nSPS) is 20.2. The molecule has 0 heteroatoms. The van der Waals surface area contributed by atoms with E-state index in [-0.39, 0.29) is 0 Å². The number of rotatable bonds is 1. The molecule has 0 aliphatic heterocycles. The first-order valence-corrected chi connectivity index (χ1v) is 4.82. The Morgan fingerprint density at radius 2 is 1.17 bits per heavy atom. The zero-order chi connectivity index (χ0) is 9.46. The first-order valence-electron chi connectivity index (χ1n) is 4.82. The lowest BCUT2D eigenvalue weighted by atomic mass is 9.86. The molecule has 1 rings (SSSR count). The van der Waals surface area contributed by atoms with Gasteiger partial charge in [-0.1, -0.05) is 25.0 Å². The molecule has 0 aromatic heterocycles. The van der Waals surface area contributed by atoms with Crippen LogP contribution in [0.4, 0.5) is 0 Å². The zero-order valence-electron chi connectivity index (χ0n) is 9.15. The molecule has 0 atom stereocenters. The van der Waals surface area contributed by atoms with Crippen molar-refractivity contribution in [2.45, 2.75) is 41.5 Å². The monoisotopic (exact) mass is 164 g/mol. The van der Waals surface area contributed by atoms with Gasteiger partial charge in [-0.25, -0.2) is 0 Å². The van der Waals surface area contributed by atoms with Crippen LogP contribution < -0.4 is 0 Å². The highest BCUT2D eigenvalue weighted by molar-refractivity contribution is 5.46. The second kappa shape index (κ2) is 3.08. The van der Waals surface area contributed by atoms with Crippen LogP contribution in [0.3, 0.4) is 0 Å². The summed E-state index contributed by atoms with van der Waals surface area (Å²) in [6.45, 7) is 13.7. The van der Waals surface area contributed by atoms with Gasteiger partial charge in [0.15, 0.2) is 0 Å². The number of hydrogen-bond acceptors (Lipinski definition) is 0. The molecule has 0 aromatic carbocycles. The Morgan fingerprint density at radius 1 is 0.833 bits per heavy atom. The predicted octanol–water partition coefficient (Wildman–Crippen LogP) is 3.95. The molecule has 0 saturated carbocycles. The Morgan fingerprint density at radius 3 is 1.33 bits per heavy atom. The Hall–Kier alpha value is -0.520. The van der Waals surface area contributed by atoms with Crippen molar-refractivity contribution >= 4 is 0 Å². The van der Waals surface area contributed by atoms with Crippen LogP contribution in [0, 0.1) is 11.8 Å². The Labute approximate surface area is 76.4 Å². The standard InChI is InChI=1S/C12H20/c1-7(2)12-10(5)8(3)9(4)11(12)6/h7,12H,1-6H3. The summed E-state index contributed by atoms with van der Waals surface area (Å²) < 4.78 is 0. The third kappa shape index (κ3) is 1.24. The van der Waals surface area contributed by atoms with Crippen LogP contribution in [0.25, 0.3) is 0 Å². The molecular formula is C12H20. The van der Waals surface area contributed by atoms with E-state index in [1.165, 1.54) is 11.1 Å². The maximum absolute atomic E-state index is 2.31. The summed E-state index contributed by atoms with van der Waals surface area (Å²) >= 11 is 0. The molecular weight excluding hydrogens is 144 g/mol. The minimum atomic E-state index is 0.713. The number of allylic oxidation sites excluding steroid dienone is 4. The van der Waals surface area contributed by atoms with Crippen molar-refractivity contribution in [3.05, 3.63) is 22.3 Å². The van der Waals surface area contributed by atoms with Crippen molar-refractivity contribution in [2.24, 2.45) is 11.8 Å². The Bertz CT molecular complexity index is 227. The lowest BCUT2D eigenvalue weighted by Gasteiger charge is -2.18.